The summed E-state index contributed by atoms with van der Waals surface area (Å²) in [7, 11) is 0. The fourth-order valence-corrected chi connectivity index (χ4v) is 1.56. The quantitative estimate of drug-likeness (QED) is 0.328. The van der Waals surface area contributed by atoms with Crippen LogP contribution in [0.4, 0.5) is 4.79 Å². The Labute approximate surface area is 84.2 Å². The first-order chi connectivity index (χ1) is 6.70. The maximum atomic E-state index is 10.3. The molecule has 0 aromatic heterocycles. The Bertz CT molecular complexity index is 187. The van der Waals surface area contributed by atoms with E-state index in [1.54, 1.807) is 0 Å². The Kier molecular flexibility index (Phi) is 4.64. The number of carbonyl (C=O) groups is 1. The number of primary amides is 1. The average Bonchev–Trinajstić information content (AvgIpc) is 2.15. The predicted molar refractivity (Wildman–Crippen MR) is 54.6 cm³/mol. The van der Waals surface area contributed by atoms with Gasteiger partial charge >= 0.3 is 6.03 Å². The van der Waals surface area contributed by atoms with Crippen molar-refractivity contribution >= 4 is 6.03 Å². The zero-order valence-electron chi connectivity index (χ0n) is 8.55. The van der Waals surface area contributed by atoms with Gasteiger partial charge in [0.15, 0.2) is 0 Å². The number of hydrogen-bond donors (Lipinski definition) is 4. The molecular formula is C8H19N5O. The highest BCUT2D eigenvalue weighted by Gasteiger charge is 2.16. The lowest BCUT2D eigenvalue weighted by Crippen LogP contribution is -2.52. The minimum atomic E-state index is -0.543. The molecule has 6 heteroatoms. The van der Waals surface area contributed by atoms with Crippen molar-refractivity contribution in [2.45, 2.75) is 13.0 Å². The van der Waals surface area contributed by atoms with Crippen molar-refractivity contribution in [2.75, 3.05) is 32.7 Å². The van der Waals surface area contributed by atoms with Gasteiger partial charge in [0, 0.05) is 38.8 Å². The molecule has 1 fully saturated rings. The molecule has 1 unspecified atom stereocenters. The van der Waals surface area contributed by atoms with Crippen molar-refractivity contribution in [1.29, 1.82) is 0 Å². The lowest BCUT2D eigenvalue weighted by atomic mass is 10.2. The van der Waals surface area contributed by atoms with Gasteiger partial charge in [-0.25, -0.2) is 10.2 Å². The third kappa shape index (κ3) is 3.91. The molecular weight excluding hydrogens is 182 g/mol. The Balaban J connectivity index is 2.07. The normalized spacial score (nSPS) is 23.4. The first-order valence-electron chi connectivity index (χ1n) is 4.93. The van der Waals surface area contributed by atoms with Crippen LogP contribution in [0.2, 0.25) is 0 Å². The third-order valence-corrected chi connectivity index (χ3v) is 2.37. The predicted octanol–water partition coefficient (Wildman–Crippen LogP) is -1.55. The smallest absolute Gasteiger partial charge is 0.326 e. The second-order valence-electron chi connectivity index (χ2n) is 3.51. The number of urea groups is 1. The van der Waals surface area contributed by atoms with Crippen molar-refractivity contribution in [1.82, 2.24) is 21.1 Å². The number of nitrogens with zero attached hydrogens (tertiary/aromatic N) is 1. The summed E-state index contributed by atoms with van der Waals surface area (Å²) in [6.07, 6.45) is 0. The van der Waals surface area contributed by atoms with Crippen LogP contribution in [0, 0.1) is 0 Å². The summed E-state index contributed by atoms with van der Waals surface area (Å²) in [5.41, 5.74) is 10.0. The fraction of sp³-hybridized carbons (Fsp3) is 0.875. The van der Waals surface area contributed by atoms with Gasteiger partial charge in [0.05, 0.1) is 0 Å². The van der Waals surface area contributed by atoms with Crippen molar-refractivity contribution < 1.29 is 4.79 Å². The van der Waals surface area contributed by atoms with Crippen LogP contribution in [0.5, 0.6) is 0 Å². The Hall–Kier alpha value is -0.850. The summed E-state index contributed by atoms with van der Waals surface area (Å²) < 4.78 is 0. The summed E-state index contributed by atoms with van der Waals surface area (Å²) in [6.45, 7) is 6.94. The van der Waals surface area contributed by atoms with Gasteiger partial charge in [-0.2, -0.15) is 0 Å². The highest BCUT2D eigenvalue weighted by molar-refractivity contribution is 5.70. The Morgan fingerprint density at radius 3 is 3.14 bits per heavy atom. The molecule has 1 atom stereocenters. The van der Waals surface area contributed by atoms with E-state index in [4.69, 9.17) is 5.73 Å². The van der Waals surface area contributed by atoms with Crippen LogP contribution < -0.4 is 21.9 Å². The van der Waals surface area contributed by atoms with E-state index in [9.17, 15) is 4.79 Å². The second-order valence-corrected chi connectivity index (χ2v) is 3.51. The summed E-state index contributed by atoms with van der Waals surface area (Å²) >= 11 is 0. The largest absolute Gasteiger partial charge is 0.351 e. The van der Waals surface area contributed by atoms with E-state index < -0.39 is 6.03 Å². The van der Waals surface area contributed by atoms with Crippen LogP contribution in [-0.2, 0) is 0 Å². The number of rotatable bonds is 4. The van der Waals surface area contributed by atoms with Crippen molar-refractivity contribution in [3.63, 3.8) is 0 Å². The zero-order chi connectivity index (χ0) is 10.4. The van der Waals surface area contributed by atoms with E-state index in [0.29, 0.717) is 12.6 Å². The SMILES string of the molecule is CC1CNCCN1CCNNC(N)=O. The summed E-state index contributed by atoms with van der Waals surface area (Å²) in [6, 6.07) is 0.0116. The monoisotopic (exact) mass is 201 g/mol. The number of piperazine rings is 1. The molecule has 1 saturated heterocycles. The number of hydrogen-bond acceptors (Lipinski definition) is 4. The molecule has 0 saturated carbocycles. The van der Waals surface area contributed by atoms with Crippen LogP contribution in [-0.4, -0.2) is 49.7 Å². The third-order valence-electron chi connectivity index (χ3n) is 2.37. The van der Waals surface area contributed by atoms with Crippen molar-refractivity contribution in [3.8, 4) is 0 Å². The molecule has 1 rings (SSSR count). The zero-order valence-corrected chi connectivity index (χ0v) is 8.55. The molecule has 0 radical (unpaired) electrons. The molecule has 0 spiro atoms. The second kappa shape index (κ2) is 5.79. The van der Waals surface area contributed by atoms with Gasteiger partial charge in [-0.15, -0.1) is 0 Å². The van der Waals surface area contributed by atoms with E-state index in [2.05, 4.69) is 28.0 Å². The van der Waals surface area contributed by atoms with Gasteiger partial charge in [0.2, 0.25) is 0 Å². The molecule has 5 N–H and O–H groups in total. The number of nitrogens with two attached hydrogens (primary N) is 1. The van der Waals surface area contributed by atoms with Gasteiger partial charge in [0.25, 0.3) is 0 Å². The summed E-state index contributed by atoms with van der Waals surface area (Å²) in [4.78, 5) is 12.7. The maximum absolute atomic E-state index is 10.3. The molecule has 0 aromatic carbocycles. The minimum Gasteiger partial charge on any atom is -0.351 e. The Morgan fingerprint density at radius 2 is 2.50 bits per heavy atom. The highest BCUT2D eigenvalue weighted by Crippen LogP contribution is 1.99. The van der Waals surface area contributed by atoms with Gasteiger partial charge in [0.1, 0.15) is 0 Å². The van der Waals surface area contributed by atoms with E-state index in [1.165, 1.54) is 0 Å². The number of nitrogens with one attached hydrogen (secondary N) is 3. The molecule has 2 amide bonds. The van der Waals surface area contributed by atoms with E-state index in [1.807, 2.05) is 0 Å². The first-order valence-corrected chi connectivity index (χ1v) is 4.93. The van der Waals surface area contributed by atoms with Gasteiger partial charge in [-0.3, -0.25) is 10.3 Å². The minimum absolute atomic E-state index is 0.543. The van der Waals surface area contributed by atoms with Crippen LogP contribution in [0.25, 0.3) is 0 Å². The summed E-state index contributed by atoms with van der Waals surface area (Å²) in [5.74, 6) is 0. The number of carbonyl (C=O) groups excluding carboxylic acids is 1. The van der Waals surface area contributed by atoms with Crippen LogP contribution in [0.1, 0.15) is 6.92 Å². The number of hydrazine groups is 1. The molecule has 0 aromatic rings. The van der Waals surface area contributed by atoms with Gasteiger partial charge in [-0.1, -0.05) is 0 Å². The Morgan fingerprint density at radius 1 is 1.71 bits per heavy atom. The van der Waals surface area contributed by atoms with Crippen LogP contribution >= 0.6 is 0 Å². The topological polar surface area (TPSA) is 82.4 Å². The highest BCUT2D eigenvalue weighted by atomic mass is 16.2. The molecule has 1 aliphatic rings. The molecule has 1 aliphatic heterocycles. The lowest BCUT2D eigenvalue weighted by Gasteiger charge is -2.33. The fourth-order valence-electron chi connectivity index (χ4n) is 1.56. The van der Waals surface area contributed by atoms with E-state index in [0.717, 1.165) is 26.2 Å². The van der Waals surface area contributed by atoms with Gasteiger partial charge < -0.3 is 11.1 Å². The van der Waals surface area contributed by atoms with Crippen molar-refractivity contribution in [3.05, 3.63) is 0 Å². The lowest BCUT2D eigenvalue weighted by molar-refractivity contribution is 0.172. The van der Waals surface area contributed by atoms with Gasteiger partial charge in [-0.05, 0) is 6.92 Å². The molecule has 1 heterocycles. The average molecular weight is 201 g/mol. The maximum Gasteiger partial charge on any atom is 0.326 e. The van der Waals surface area contributed by atoms with Crippen LogP contribution in [0.15, 0.2) is 0 Å². The molecule has 0 aliphatic carbocycles. The van der Waals surface area contributed by atoms with E-state index in [-0.39, 0.29) is 0 Å². The first kappa shape index (κ1) is 11.2. The molecule has 14 heavy (non-hydrogen) atoms. The number of amides is 2. The molecule has 6 nitrogen and oxygen atoms in total. The standard InChI is InChI=1S/C8H19N5O/c1-7-6-10-2-4-13(7)5-3-11-12-8(9)14/h7,10-11H,2-6H2,1H3,(H3,9,12,14). The van der Waals surface area contributed by atoms with Crippen molar-refractivity contribution in [2.24, 2.45) is 5.73 Å². The summed E-state index contributed by atoms with van der Waals surface area (Å²) in [5, 5.41) is 3.32. The molecule has 0 bridgehead atoms. The molecule has 82 valence electrons. The van der Waals surface area contributed by atoms with Crippen LogP contribution in [0.3, 0.4) is 0 Å². The van der Waals surface area contributed by atoms with E-state index >= 15 is 0 Å².